The molecule has 0 bridgehead atoms. The van der Waals surface area contributed by atoms with Crippen molar-refractivity contribution >= 4 is 22.8 Å². The van der Waals surface area contributed by atoms with Gasteiger partial charge in [-0.2, -0.15) is 0 Å². The molecule has 0 N–H and O–H groups in total. The first kappa shape index (κ1) is 14.6. The van der Waals surface area contributed by atoms with Crippen LogP contribution in [0.15, 0.2) is 0 Å². The van der Waals surface area contributed by atoms with Gasteiger partial charge in [-0.15, -0.1) is 0 Å². The lowest BCUT2D eigenvalue weighted by atomic mass is 9.80. The number of carbonyl (C=O) groups is 2. The molecule has 1 saturated carbocycles. The van der Waals surface area contributed by atoms with Crippen molar-refractivity contribution in [3.8, 4) is 0 Å². The molecule has 17 heavy (non-hydrogen) atoms. The Labute approximate surface area is 108 Å². The van der Waals surface area contributed by atoms with Gasteiger partial charge in [0.15, 0.2) is 0 Å². The van der Waals surface area contributed by atoms with Gasteiger partial charge in [0, 0.05) is 0 Å². The van der Waals surface area contributed by atoms with Gasteiger partial charge >= 0.3 is 5.97 Å². The van der Waals surface area contributed by atoms with E-state index in [4.69, 9.17) is 4.74 Å². The van der Waals surface area contributed by atoms with Gasteiger partial charge < -0.3 is 4.74 Å². The maximum Gasteiger partial charge on any atom is 0.317 e. The molecule has 1 unspecified atom stereocenters. The van der Waals surface area contributed by atoms with Crippen molar-refractivity contribution in [2.75, 3.05) is 12.4 Å². The lowest BCUT2D eigenvalue weighted by Gasteiger charge is -2.27. The molecule has 0 aromatic carbocycles. The zero-order valence-electron chi connectivity index (χ0n) is 10.7. The van der Waals surface area contributed by atoms with E-state index in [1.165, 1.54) is 18.2 Å². The Kier molecular flexibility index (Phi) is 6.63. The van der Waals surface area contributed by atoms with Crippen LogP contribution in [0.4, 0.5) is 0 Å². The van der Waals surface area contributed by atoms with Crippen molar-refractivity contribution in [3.63, 3.8) is 0 Å². The highest BCUT2D eigenvalue weighted by molar-refractivity contribution is 8.13. The molecule has 4 heteroatoms. The summed E-state index contributed by atoms with van der Waals surface area (Å²) in [5, 5.41) is -0.00199. The minimum atomic E-state index is -0.528. The molecule has 0 heterocycles. The molecule has 1 aliphatic rings. The zero-order chi connectivity index (χ0) is 12.7. The summed E-state index contributed by atoms with van der Waals surface area (Å²) in [6, 6.07) is 0. The second-order valence-electron chi connectivity index (χ2n) is 4.38. The fourth-order valence-electron chi connectivity index (χ4n) is 2.41. The van der Waals surface area contributed by atoms with Crippen LogP contribution < -0.4 is 0 Å². The van der Waals surface area contributed by atoms with Gasteiger partial charge in [-0.1, -0.05) is 37.9 Å². The summed E-state index contributed by atoms with van der Waals surface area (Å²) in [6.07, 6.45) is 5.45. The van der Waals surface area contributed by atoms with Gasteiger partial charge in [-0.3, -0.25) is 9.59 Å². The quantitative estimate of drug-likeness (QED) is 0.561. The van der Waals surface area contributed by atoms with Crippen molar-refractivity contribution < 1.29 is 14.3 Å². The van der Waals surface area contributed by atoms with E-state index in [9.17, 15) is 9.59 Å². The largest absolute Gasteiger partial charge is 0.465 e. The second-order valence-corrected chi connectivity index (χ2v) is 5.65. The summed E-state index contributed by atoms with van der Waals surface area (Å²) >= 11 is 1.25. The Bertz CT molecular complexity index is 241. The number of hydrogen-bond acceptors (Lipinski definition) is 4. The molecule has 98 valence electrons. The Morgan fingerprint density at radius 3 is 2.41 bits per heavy atom. The second kappa shape index (κ2) is 7.75. The van der Waals surface area contributed by atoms with Crippen molar-refractivity contribution in [2.24, 2.45) is 11.8 Å². The van der Waals surface area contributed by atoms with Crippen LogP contribution in [-0.2, 0) is 14.3 Å². The molecular formula is C13H22O3S. The average molecular weight is 258 g/mol. The topological polar surface area (TPSA) is 43.4 Å². The van der Waals surface area contributed by atoms with Crippen LogP contribution >= 0.6 is 11.8 Å². The fraction of sp³-hybridized carbons (Fsp3) is 0.846. The average Bonchev–Trinajstić information content (AvgIpc) is 2.31. The number of thioether (sulfide) groups is 1. The molecule has 0 spiro atoms. The molecule has 1 aliphatic carbocycles. The first-order valence-corrected chi connectivity index (χ1v) is 7.52. The summed E-state index contributed by atoms with van der Waals surface area (Å²) in [5.41, 5.74) is 0. The van der Waals surface area contributed by atoms with E-state index in [0.717, 1.165) is 31.4 Å². The van der Waals surface area contributed by atoms with Crippen LogP contribution in [0.3, 0.4) is 0 Å². The number of hydrogen-bond donors (Lipinski definition) is 0. The van der Waals surface area contributed by atoms with Crippen LogP contribution in [0, 0.1) is 11.8 Å². The predicted octanol–water partition coefficient (Wildman–Crippen LogP) is 3.03. The molecule has 1 rings (SSSR count). The maximum absolute atomic E-state index is 12.0. The van der Waals surface area contributed by atoms with Gasteiger partial charge in [0.05, 0.1) is 6.61 Å². The van der Waals surface area contributed by atoms with E-state index < -0.39 is 5.92 Å². The van der Waals surface area contributed by atoms with Crippen LogP contribution in [0.5, 0.6) is 0 Å². The summed E-state index contributed by atoms with van der Waals surface area (Å²) in [7, 11) is 0. The van der Waals surface area contributed by atoms with Crippen molar-refractivity contribution in [3.05, 3.63) is 0 Å². The summed E-state index contributed by atoms with van der Waals surface area (Å²) in [6.45, 7) is 4.07. The fourth-order valence-corrected chi connectivity index (χ4v) is 3.17. The third kappa shape index (κ3) is 4.34. The van der Waals surface area contributed by atoms with E-state index in [1.54, 1.807) is 6.92 Å². The highest BCUT2D eigenvalue weighted by Crippen LogP contribution is 2.33. The van der Waals surface area contributed by atoms with Gasteiger partial charge in [-0.05, 0) is 31.4 Å². The highest BCUT2D eigenvalue weighted by Gasteiger charge is 2.36. The Morgan fingerprint density at radius 1 is 1.24 bits per heavy atom. The van der Waals surface area contributed by atoms with Crippen LogP contribution in [-0.4, -0.2) is 23.4 Å². The smallest absolute Gasteiger partial charge is 0.317 e. The molecule has 0 aromatic rings. The predicted molar refractivity (Wildman–Crippen MR) is 69.8 cm³/mol. The molecule has 0 saturated heterocycles. The Balaban J connectivity index is 2.69. The zero-order valence-corrected chi connectivity index (χ0v) is 11.6. The molecule has 1 atom stereocenters. The van der Waals surface area contributed by atoms with E-state index in [0.29, 0.717) is 6.61 Å². The molecule has 3 nitrogen and oxygen atoms in total. The number of esters is 1. The first-order chi connectivity index (χ1) is 8.20. The number of rotatable bonds is 5. The summed E-state index contributed by atoms with van der Waals surface area (Å²) in [4.78, 5) is 23.9. The number of ether oxygens (including phenoxy) is 1. The Morgan fingerprint density at radius 2 is 1.88 bits per heavy atom. The SMILES string of the molecule is CCOC(=O)C(C(=O)SCC)C1CCCCC1. The number of carbonyl (C=O) groups excluding carboxylic acids is 2. The lowest BCUT2D eigenvalue weighted by Crippen LogP contribution is -2.33. The monoisotopic (exact) mass is 258 g/mol. The standard InChI is InChI=1S/C13H22O3S/c1-3-16-12(14)11(13(15)17-4-2)10-8-6-5-7-9-10/h10-11H,3-9H2,1-2H3. The molecule has 0 aromatic heterocycles. The highest BCUT2D eigenvalue weighted by atomic mass is 32.2. The van der Waals surface area contributed by atoms with E-state index in [1.807, 2.05) is 6.92 Å². The molecule has 0 radical (unpaired) electrons. The van der Waals surface area contributed by atoms with Crippen molar-refractivity contribution in [2.45, 2.75) is 46.0 Å². The molecule has 0 amide bonds. The van der Waals surface area contributed by atoms with Gasteiger partial charge in [0.1, 0.15) is 5.92 Å². The van der Waals surface area contributed by atoms with Crippen molar-refractivity contribution in [1.82, 2.24) is 0 Å². The van der Waals surface area contributed by atoms with Gasteiger partial charge in [0.2, 0.25) is 5.12 Å². The minimum Gasteiger partial charge on any atom is -0.465 e. The normalized spacial score (nSPS) is 18.7. The van der Waals surface area contributed by atoms with E-state index in [-0.39, 0.29) is 17.0 Å². The van der Waals surface area contributed by atoms with Crippen molar-refractivity contribution in [1.29, 1.82) is 0 Å². The van der Waals surface area contributed by atoms with Crippen LogP contribution in [0.1, 0.15) is 46.0 Å². The molecule has 1 fully saturated rings. The third-order valence-electron chi connectivity index (χ3n) is 3.20. The lowest BCUT2D eigenvalue weighted by molar-refractivity contribution is -0.152. The van der Waals surface area contributed by atoms with E-state index >= 15 is 0 Å². The summed E-state index contributed by atoms with van der Waals surface area (Å²) < 4.78 is 5.05. The van der Waals surface area contributed by atoms with Gasteiger partial charge in [-0.25, -0.2) is 0 Å². The van der Waals surface area contributed by atoms with Crippen LogP contribution in [0.2, 0.25) is 0 Å². The Hall–Kier alpha value is -0.510. The van der Waals surface area contributed by atoms with Gasteiger partial charge in [0.25, 0.3) is 0 Å². The summed E-state index contributed by atoms with van der Waals surface area (Å²) in [5.74, 6) is 0.0847. The molecular weight excluding hydrogens is 236 g/mol. The maximum atomic E-state index is 12.0. The minimum absolute atomic E-state index is 0.00199. The third-order valence-corrected chi connectivity index (χ3v) is 4.03. The van der Waals surface area contributed by atoms with E-state index in [2.05, 4.69) is 0 Å². The first-order valence-electron chi connectivity index (χ1n) is 6.54. The van der Waals surface area contributed by atoms with Crippen LogP contribution in [0.25, 0.3) is 0 Å². The molecule has 0 aliphatic heterocycles.